The van der Waals surface area contributed by atoms with Gasteiger partial charge in [-0.25, -0.2) is 0 Å². The lowest BCUT2D eigenvalue weighted by atomic mass is 9.98. The average Bonchev–Trinajstić information content (AvgIpc) is 3.46. The first-order valence-electron chi connectivity index (χ1n) is 13.0. The Morgan fingerprint density at radius 1 is 0.583 bits per heavy atom. The van der Waals surface area contributed by atoms with Crippen LogP contribution in [0.3, 0.4) is 0 Å². The molecule has 2 nitrogen and oxygen atoms in total. The van der Waals surface area contributed by atoms with Crippen LogP contribution in [0.1, 0.15) is 30.5 Å². The smallest absolute Gasteiger partial charge is 0.0548 e. The maximum Gasteiger partial charge on any atom is 0.0548 e. The predicted octanol–water partition coefficient (Wildman–Crippen LogP) is 7.04. The molecule has 0 unspecified atom stereocenters. The second-order valence-corrected chi connectivity index (χ2v) is 9.98. The summed E-state index contributed by atoms with van der Waals surface area (Å²) in [6.45, 7) is 0. The number of fused-ring (bicyclic) bond motifs is 8. The highest BCUT2D eigenvalue weighted by molar-refractivity contribution is 6.11. The van der Waals surface area contributed by atoms with Crippen LogP contribution in [0.15, 0.2) is 91.0 Å². The molecule has 0 fully saturated rings. The van der Waals surface area contributed by atoms with E-state index >= 15 is 0 Å². The Kier molecular flexibility index (Phi) is 4.21. The number of aryl methyl sites for hydroxylation is 1. The first kappa shape index (κ1) is 19.9. The van der Waals surface area contributed by atoms with Crippen molar-refractivity contribution >= 4 is 50.8 Å². The third-order valence-corrected chi connectivity index (χ3v) is 7.98. The van der Waals surface area contributed by atoms with Gasteiger partial charge in [0.15, 0.2) is 0 Å². The molecule has 2 aliphatic rings. The number of benzene rings is 4. The summed E-state index contributed by atoms with van der Waals surface area (Å²) in [6, 6.07) is 31.0. The molecule has 2 aromatic heterocycles. The van der Waals surface area contributed by atoms with Gasteiger partial charge in [0, 0.05) is 38.4 Å². The normalized spacial score (nSPS) is 14.6. The largest absolute Gasteiger partial charge is 0.310 e. The monoisotopic (exact) mass is 462 g/mol. The van der Waals surface area contributed by atoms with Crippen molar-refractivity contribution < 1.29 is 0 Å². The van der Waals surface area contributed by atoms with Crippen molar-refractivity contribution in [2.24, 2.45) is 0 Å². The first-order valence-corrected chi connectivity index (χ1v) is 13.0. The highest BCUT2D eigenvalue weighted by Gasteiger charge is 2.23. The quantitative estimate of drug-likeness (QED) is 0.261. The summed E-state index contributed by atoms with van der Waals surface area (Å²) in [6.07, 6.45) is 13.9. The number of rotatable bonds is 2. The molecule has 0 amide bonds. The predicted molar refractivity (Wildman–Crippen MR) is 152 cm³/mol. The summed E-state index contributed by atoms with van der Waals surface area (Å²) in [5, 5.41) is 8.14. The Morgan fingerprint density at radius 2 is 1.36 bits per heavy atom. The Hall–Kier alpha value is -4.30. The van der Waals surface area contributed by atoms with Crippen molar-refractivity contribution in [1.82, 2.24) is 9.13 Å². The van der Waals surface area contributed by atoms with E-state index in [0.717, 1.165) is 25.7 Å². The lowest BCUT2D eigenvalue weighted by Gasteiger charge is -2.11. The molecule has 0 spiro atoms. The maximum atomic E-state index is 2.50. The molecule has 0 bridgehead atoms. The van der Waals surface area contributed by atoms with E-state index in [0.29, 0.717) is 0 Å². The van der Waals surface area contributed by atoms with E-state index in [4.69, 9.17) is 0 Å². The highest BCUT2D eigenvalue weighted by atomic mass is 15.0. The molecule has 2 heterocycles. The molecule has 2 aliphatic carbocycles. The SMILES string of the molecule is C1=Cc2c(c3c4c5c(n(-c6ccc7ccccc7c6)c4ccc3n2-c2ccccc2)=CCCC=5)CC1. The number of aromatic nitrogens is 2. The summed E-state index contributed by atoms with van der Waals surface area (Å²) >= 11 is 0. The second-order valence-electron chi connectivity index (χ2n) is 9.98. The van der Waals surface area contributed by atoms with Gasteiger partial charge in [-0.3, -0.25) is 0 Å². The lowest BCUT2D eigenvalue weighted by Crippen LogP contribution is -2.30. The zero-order chi connectivity index (χ0) is 23.6. The van der Waals surface area contributed by atoms with Gasteiger partial charge in [-0.05, 0) is 84.5 Å². The van der Waals surface area contributed by atoms with Gasteiger partial charge in [0.05, 0.1) is 11.0 Å². The van der Waals surface area contributed by atoms with Crippen LogP contribution in [0, 0.1) is 0 Å². The van der Waals surface area contributed by atoms with E-state index in [1.54, 1.807) is 0 Å². The van der Waals surface area contributed by atoms with Crippen LogP contribution in [0.4, 0.5) is 0 Å². The molecule has 8 rings (SSSR count). The summed E-state index contributed by atoms with van der Waals surface area (Å²) in [4.78, 5) is 0. The number of nitrogens with zero attached hydrogens (tertiary/aromatic N) is 2. The minimum atomic E-state index is 1.08. The molecular formula is C34H26N2. The van der Waals surface area contributed by atoms with Gasteiger partial charge in [-0.1, -0.05) is 66.8 Å². The summed E-state index contributed by atoms with van der Waals surface area (Å²) in [7, 11) is 0. The molecule has 36 heavy (non-hydrogen) atoms. The molecule has 4 aromatic carbocycles. The zero-order valence-corrected chi connectivity index (χ0v) is 20.1. The molecule has 0 atom stereocenters. The Morgan fingerprint density at radius 3 is 2.25 bits per heavy atom. The minimum absolute atomic E-state index is 1.08. The summed E-state index contributed by atoms with van der Waals surface area (Å²) in [5.41, 5.74) is 7.90. The van der Waals surface area contributed by atoms with Crippen molar-refractivity contribution in [2.75, 3.05) is 0 Å². The molecule has 172 valence electrons. The summed E-state index contributed by atoms with van der Waals surface area (Å²) in [5.74, 6) is 0. The average molecular weight is 463 g/mol. The van der Waals surface area contributed by atoms with Crippen molar-refractivity contribution in [3.63, 3.8) is 0 Å². The van der Waals surface area contributed by atoms with Gasteiger partial charge < -0.3 is 9.13 Å². The van der Waals surface area contributed by atoms with E-state index in [-0.39, 0.29) is 0 Å². The Balaban J connectivity index is 1.54. The molecule has 0 saturated heterocycles. The first-order chi connectivity index (χ1) is 17.9. The topological polar surface area (TPSA) is 9.86 Å². The number of hydrogen-bond donors (Lipinski definition) is 0. The molecule has 0 N–H and O–H groups in total. The second kappa shape index (κ2) is 7.60. The highest BCUT2D eigenvalue weighted by Crippen LogP contribution is 2.37. The van der Waals surface area contributed by atoms with Crippen molar-refractivity contribution in [3.05, 3.63) is 113 Å². The molecular weight excluding hydrogens is 436 g/mol. The van der Waals surface area contributed by atoms with E-state index < -0.39 is 0 Å². The standard InChI is InChI=1S/C34H26N2/c1-2-12-25(13-3-1)35-29-16-8-6-14-27(29)33-31(35)20-21-32-34(33)28-15-7-9-17-30(28)36(32)26-19-18-23-10-4-5-11-24(23)22-26/h1-5,8,10-13,15-22H,6-7,9,14H2. The Labute approximate surface area is 209 Å². The molecule has 0 radical (unpaired) electrons. The third-order valence-electron chi connectivity index (χ3n) is 7.98. The van der Waals surface area contributed by atoms with Crippen LogP contribution in [0.5, 0.6) is 0 Å². The summed E-state index contributed by atoms with van der Waals surface area (Å²) < 4.78 is 4.96. The van der Waals surface area contributed by atoms with Gasteiger partial charge in [-0.2, -0.15) is 0 Å². The molecule has 2 heteroatoms. The van der Waals surface area contributed by atoms with Gasteiger partial charge in [-0.15, -0.1) is 0 Å². The van der Waals surface area contributed by atoms with Crippen LogP contribution in [0.2, 0.25) is 0 Å². The van der Waals surface area contributed by atoms with Gasteiger partial charge in [0.1, 0.15) is 0 Å². The van der Waals surface area contributed by atoms with E-state index in [9.17, 15) is 0 Å². The zero-order valence-electron chi connectivity index (χ0n) is 20.1. The molecule has 6 aromatic rings. The van der Waals surface area contributed by atoms with Gasteiger partial charge in [0.25, 0.3) is 0 Å². The van der Waals surface area contributed by atoms with Crippen molar-refractivity contribution in [2.45, 2.75) is 25.7 Å². The fourth-order valence-electron chi connectivity index (χ4n) is 6.46. The van der Waals surface area contributed by atoms with E-state index in [2.05, 4.69) is 118 Å². The van der Waals surface area contributed by atoms with E-state index in [1.807, 2.05) is 0 Å². The number of allylic oxidation sites excluding steroid dienone is 1. The fourth-order valence-corrected chi connectivity index (χ4v) is 6.46. The lowest BCUT2D eigenvalue weighted by molar-refractivity contribution is 0.968. The van der Waals surface area contributed by atoms with Crippen LogP contribution >= 0.6 is 0 Å². The molecule has 0 saturated carbocycles. The Bertz CT molecular complexity index is 1980. The third kappa shape index (κ3) is 2.73. The van der Waals surface area contributed by atoms with E-state index in [1.165, 1.54) is 65.8 Å². The van der Waals surface area contributed by atoms with Crippen LogP contribution in [-0.4, -0.2) is 9.13 Å². The van der Waals surface area contributed by atoms with Crippen molar-refractivity contribution in [1.29, 1.82) is 0 Å². The number of hydrogen-bond acceptors (Lipinski definition) is 0. The molecule has 0 aliphatic heterocycles. The van der Waals surface area contributed by atoms with Crippen LogP contribution in [-0.2, 0) is 6.42 Å². The number of para-hydroxylation sites is 1. The maximum absolute atomic E-state index is 2.50. The van der Waals surface area contributed by atoms with Crippen LogP contribution in [0.25, 0.3) is 62.2 Å². The van der Waals surface area contributed by atoms with Crippen LogP contribution < -0.4 is 10.6 Å². The van der Waals surface area contributed by atoms with Gasteiger partial charge in [0.2, 0.25) is 0 Å². The fraction of sp³-hybridized carbons (Fsp3) is 0.118. The van der Waals surface area contributed by atoms with Crippen molar-refractivity contribution in [3.8, 4) is 11.4 Å². The van der Waals surface area contributed by atoms with Gasteiger partial charge >= 0.3 is 0 Å². The minimum Gasteiger partial charge on any atom is -0.310 e.